The molecule has 6 saturated carbocycles. The molecule has 1 radical (unpaired) electrons. The molecular weight excluding hydrogens is 702 g/mol. The summed E-state index contributed by atoms with van der Waals surface area (Å²) in [5.41, 5.74) is 0. The summed E-state index contributed by atoms with van der Waals surface area (Å²) in [6.07, 6.45) is 48.5. The van der Waals surface area contributed by atoms with E-state index in [0.717, 1.165) is 0 Å². The third kappa shape index (κ3) is 10.5. The molecule has 0 aromatic carbocycles. The van der Waals surface area contributed by atoms with Gasteiger partial charge in [0.15, 0.2) is 0 Å². The summed E-state index contributed by atoms with van der Waals surface area (Å²) in [6.45, 7) is 0. The van der Waals surface area contributed by atoms with Crippen LogP contribution in [0.2, 0.25) is 23.6 Å². The molecule has 0 unspecified atom stereocenters. The van der Waals surface area contributed by atoms with E-state index in [1.807, 2.05) is 0 Å². The Labute approximate surface area is 267 Å². The molecule has 0 aromatic heterocycles. The van der Waals surface area contributed by atoms with E-state index in [4.69, 9.17) is 0 Å². The average molecular weight is 769 g/mol. The third-order valence-corrected chi connectivity index (χ3v) is 38.5. The summed E-state index contributed by atoms with van der Waals surface area (Å²) >= 11 is -2.30. The Morgan fingerprint density at radius 1 is 0.282 bits per heavy atom. The van der Waals surface area contributed by atoms with Gasteiger partial charge in [-0.15, -0.1) is 0 Å². The molecule has 0 aliphatic heterocycles. The van der Waals surface area contributed by atoms with Crippen LogP contribution in [0.3, 0.4) is 0 Å². The van der Waals surface area contributed by atoms with E-state index < -0.39 is 39.5 Å². The number of hydrogen-bond donors (Lipinski definition) is 0. The van der Waals surface area contributed by atoms with Crippen LogP contribution in [0.4, 0.5) is 0 Å². The molecule has 0 saturated heterocycles. The molecule has 39 heavy (non-hydrogen) atoms. The maximum Gasteiger partial charge on any atom is -0.813 e. The van der Waals surface area contributed by atoms with Crippen LogP contribution in [0.1, 0.15) is 193 Å². The summed E-state index contributed by atoms with van der Waals surface area (Å²) in [7, 11) is 0. The molecule has 0 amide bonds. The monoisotopic (exact) mass is 771 g/mol. The first-order valence-electron chi connectivity index (χ1n) is 18.6. The Balaban J connectivity index is 0.000000176. The molecule has 0 bridgehead atoms. The van der Waals surface area contributed by atoms with E-state index in [0.29, 0.717) is 0 Å². The van der Waals surface area contributed by atoms with E-state index in [1.54, 1.807) is 193 Å². The van der Waals surface area contributed by atoms with Crippen LogP contribution >= 0.6 is 0 Å². The molecule has 3 heteroatoms. The predicted octanol–water partition coefficient (Wildman–Crippen LogP) is 12.7. The second kappa shape index (κ2) is 19.4. The second-order valence-corrected chi connectivity index (χ2v) is 34.7. The van der Waals surface area contributed by atoms with Gasteiger partial charge in [0.25, 0.3) is 0 Å². The first kappa shape index (κ1) is 33.8. The van der Waals surface area contributed by atoms with Crippen molar-refractivity contribution < 1.29 is 0 Å². The summed E-state index contributed by atoms with van der Waals surface area (Å²) in [4.78, 5) is 0. The van der Waals surface area contributed by atoms with Gasteiger partial charge in [0, 0.05) is 0 Å². The summed E-state index contributed by atoms with van der Waals surface area (Å²) in [5, 5.41) is 0. The fourth-order valence-electron chi connectivity index (χ4n) is 10.6. The van der Waals surface area contributed by atoms with Crippen molar-refractivity contribution >= 4 is 53.0 Å². The Morgan fingerprint density at radius 3 is 0.718 bits per heavy atom. The van der Waals surface area contributed by atoms with Gasteiger partial charge in [-0.25, -0.2) is 0 Å². The van der Waals surface area contributed by atoms with Gasteiger partial charge in [0.1, 0.15) is 0 Å². The van der Waals surface area contributed by atoms with Crippen LogP contribution < -0.4 is 0 Å². The zero-order chi connectivity index (χ0) is 25.8. The van der Waals surface area contributed by atoms with Gasteiger partial charge in [-0.3, -0.25) is 0 Å². The summed E-state index contributed by atoms with van der Waals surface area (Å²) in [5.74, 6) is 0. The normalized spacial score (nSPS) is 27.9. The molecule has 6 rings (SSSR count). The van der Waals surface area contributed by atoms with Crippen LogP contribution in [0.25, 0.3) is 0 Å². The fraction of sp³-hybridized carbons (Fsp3) is 1.00. The minimum Gasteiger partial charge on any atom is -0.813 e. The minimum absolute atomic E-state index is 0. The minimum atomic E-state index is -1.15. The SMILES string of the molecule is C1CC[CH]([Sn+]([CH]2CCCCC2)[CH]2CCCCC2)CC1.C1CC[CH]([Sn]([CH]2CCCCC2)[CH]2CCCCC2)CC1.[SH-]. The van der Waals surface area contributed by atoms with Crippen molar-refractivity contribution in [3.05, 3.63) is 0 Å². The van der Waals surface area contributed by atoms with Gasteiger partial charge in [-0.1, -0.05) is 0 Å². The zero-order valence-corrected chi connectivity index (χ0v) is 32.7. The second-order valence-electron chi connectivity index (χ2n) is 15.0. The Hall–Kier alpha value is 1.95. The first-order valence-corrected chi connectivity index (χ1v) is 28.5. The quantitative estimate of drug-likeness (QED) is 0.147. The van der Waals surface area contributed by atoms with Crippen LogP contribution in [-0.4, -0.2) is 39.5 Å². The van der Waals surface area contributed by atoms with Crippen LogP contribution in [0, 0.1) is 0 Å². The van der Waals surface area contributed by atoms with Gasteiger partial charge in [-0.05, 0) is 0 Å². The van der Waals surface area contributed by atoms with Crippen LogP contribution in [0.5, 0.6) is 0 Å². The van der Waals surface area contributed by atoms with Crippen molar-refractivity contribution in [2.75, 3.05) is 0 Å². The molecule has 0 spiro atoms. The van der Waals surface area contributed by atoms with Gasteiger partial charge in [0.05, 0.1) is 0 Å². The molecule has 0 nitrogen and oxygen atoms in total. The smallest absolute Gasteiger partial charge is 0.813 e. The standard InChI is InChI=1S/6C6H11.H2S.2Sn/c6*1-2-4-6-5-3-1;;;/h6*1H,2-6H2;1H2;;/q;;;;;;;;+1/p-1. The molecular formula is C36H67SSn2. The van der Waals surface area contributed by atoms with Gasteiger partial charge >= 0.3 is 256 Å². The number of hydrogen-bond acceptors (Lipinski definition) is 1. The van der Waals surface area contributed by atoms with Crippen molar-refractivity contribution in [3.8, 4) is 0 Å². The van der Waals surface area contributed by atoms with Gasteiger partial charge < -0.3 is 13.5 Å². The van der Waals surface area contributed by atoms with Crippen molar-refractivity contribution in [1.82, 2.24) is 0 Å². The summed E-state index contributed by atoms with van der Waals surface area (Å²) in [6, 6.07) is 0. The molecule has 0 heterocycles. The molecule has 6 aliphatic carbocycles. The van der Waals surface area contributed by atoms with Crippen LogP contribution in [0.15, 0.2) is 0 Å². The average Bonchev–Trinajstić information content (AvgIpc) is 3.01. The van der Waals surface area contributed by atoms with Gasteiger partial charge in [-0.2, -0.15) is 0 Å². The molecule has 0 atom stereocenters. The Morgan fingerprint density at radius 2 is 0.487 bits per heavy atom. The molecule has 0 aromatic rings. The van der Waals surface area contributed by atoms with E-state index in [-0.39, 0.29) is 13.5 Å². The summed E-state index contributed by atoms with van der Waals surface area (Å²) < 4.78 is 7.93. The van der Waals surface area contributed by atoms with Crippen molar-refractivity contribution in [2.24, 2.45) is 0 Å². The largest absolute Gasteiger partial charge is 0.813 e. The maximum atomic E-state index is 1.67. The molecule has 225 valence electrons. The number of rotatable bonds is 6. The topological polar surface area (TPSA) is 0 Å². The zero-order valence-electron chi connectivity index (χ0n) is 26.1. The van der Waals surface area contributed by atoms with E-state index in [1.165, 1.54) is 23.6 Å². The van der Waals surface area contributed by atoms with E-state index >= 15 is 0 Å². The van der Waals surface area contributed by atoms with Crippen molar-refractivity contribution in [2.45, 2.75) is 216 Å². The van der Waals surface area contributed by atoms with E-state index in [9.17, 15) is 0 Å². The van der Waals surface area contributed by atoms with Gasteiger partial charge in [0.2, 0.25) is 0 Å². The van der Waals surface area contributed by atoms with Crippen LogP contribution in [-0.2, 0) is 13.5 Å². The molecule has 6 aliphatic rings. The van der Waals surface area contributed by atoms with Crippen molar-refractivity contribution in [1.29, 1.82) is 0 Å². The molecule has 6 fully saturated rings. The fourth-order valence-corrected chi connectivity index (χ4v) is 40.4. The first-order chi connectivity index (χ1) is 18.9. The Kier molecular flexibility index (Phi) is 16.8. The maximum absolute atomic E-state index is 1.67. The number of thiol groups is 1. The predicted molar refractivity (Wildman–Crippen MR) is 181 cm³/mol. The molecule has 0 N–H and O–H groups in total. The third-order valence-electron chi connectivity index (χ3n) is 12.5. The van der Waals surface area contributed by atoms with E-state index in [2.05, 4.69) is 0 Å². The van der Waals surface area contributed by atoms with Crippen molar-refractivity contribution in [3.63, 3.8) is 0 Å². The Bertz CT molecular complexity index is 464.